The minimum Gasteiger partial charge on any atom is -0.355 e. The highest BCUT2D eigenvalue weighted by atomic mass is 15.2. The number of hydrogen-bond donors (Lipinski definition) is 0. The van der Waals surface area contributed by atoms with Crippen molar-refractivity contribution < 1.29 is 0 Å². The summed E-state index contributed by atoms with van der Waals surface area (Å²) < 4.78 is 0. The van der Waals surface area contributed by atoms with E-state index in [4.69, 9.17) is 5.26 Å². The quantitative estimate of drug-likeness (QED) is 0.776. The summed E-state index contributed by atoms with van der Waals surface area (Å²) in [5, 5.41) is 9.15. The Labute approximate surface area is 102 Å². The molecular formula is C14H17N3. The van der Waals surface area contributed by atoms with Gasteiger partial charge in [0.2, 0.25) is 0 Å². The predicted octanol–water partition coefficient (Wildman–Crippen LogP) is 2.58. The van der Waals surface area contributed by atoms with Crippen LogP contribution in [0.15, 0.2) is 18.3 Å². The molecule has 17 heavy (non-hydrogen) atoms. The van der Waals surface area contributed by atoms with Gasteiger partial charge in [-0.2, -0.15) is 5.26 Å². The molecule has 0 atom stereocenters. The van der Waals surface area contributed by atoms with Gasteiger partial charge < -0.3 is 4.90 Å². The van der Waals surface area contributed by atoms with Gasteiger partial charge in [-0.15, -0.1) is 0 Å². The molecule has 3 rings (SSSR count). The zero-order valence-corrected chi connectivity index (χ0v) is 9.97. The van der Waals surface area contributed by atoms with Crippen LogP contribution in [0, 0.1) is 23.2 Å². The maximum atomic E-state index is 9.15. The highest BCUT2D eigenvalue weighted by Gasteiger charge is 2.30. The van der Waals surface area contributed by atoms with E-state index in [0.717, 1.165) is 30.7 Å². The van der Waals surface area contributed by atoms with E-state index in [1.807, 2.05) is 12.1 Å². The van der Waals surface area contributed by atoms with Crippen molar-refractivity contribution in [2.75, 3.05) is 18.0 Å². The molecule has 0 radical (unpaired) electrons. The van der Waals surface area contributed by atoms with Crippen LogP contribution in [0.5, 0.6) is 0 Å². The van der Waals surface area contributed by atoms with Crippen LogP contribution in [0.1, 0.15) is 31.2 Å². The van der Waals surface area contributed by atoms with Crippen LogP contribution in [-0.2, 0) is 0 Å². The van der Waals surface area contributed by atoms with Crippen molar-refractivity contribution in [3.8, 4) is 6.07 Å². The summed E-state index contributed by atoms with van der Waals surface area (Å²) in [7, 11) is 0. The molecule has 1 heterocycles. The van der Waals surface area contributed by atoms with Crippen molar-refractivity contribution in [3.63, 3.8) is 0 Å². The summed E-state index contributed by atoms with van der Waals surface area (Å²) in [4.78, 5) is 6.76. The summed E-state index contributed by atoms with van der Waals surface area (Å²) >= 11 is 0. The Morgan fingerprint density at radius 2 is 1.88 bits per heavy atom. The van der Waals surface area contributed by atoms with Crippen LogP contribution < -0.4 is 4.90 Å². The van der Waals surface area contributed by atoms with Gasteiger partial charge in [0.15, 0.2) is 0 Å². The summed E-state index contributed by atoms with van der Waals surface area (Å²) in [5.41, 5.74) is 0.716. The number of aromatic nitrogens is 1. The molecule has 2 aliphatic carbocycles. The molecule has 0 aliphatic heterocycles. The standard InChI is InChI=1S/C14H17N3/c15-8-13-2-1-7-16-14(13)17(9-11-3-4-11)10-12-5-6-12/h1-2,7,11-12H,3-6,9-10H2. The van der Waals surface area contributed by atoms with Crippen LogP contribution in [0.25, 0.3) is 0 Å². The van der Waals surface area contributed by atoms with Crippen LogP contribution in [-0.4, -0.2) is 18.1 Å². The fraction of sp³-hybridized carbons (Fsp3) is 0.571. The second kappa shape index (κ2) is 4.37. The average molecular weight is 227 g/mol. The molecule has 0 bridgehead atoms. The molecule has 2 saturated carbocycles. The molecule has 0 amide bonds. The third-order valence-electron chi connectivity index (χ3n) is 3.56. The Hall–Kier alpha value is -1.56. The van der Waals surface area contributed by atoms with Gasteiger partial charge in [-0.1, -0.05) is 0 Å². The molecule has 0 unspecified atom stereocenters. The third-order valence-corrected chi connectivity index (χ3v) is 3.56. The minimum absolute atomic E-state index is 0.716. The van der Waals surface area contributed by atoms with E-state index in [1.165, 1.54) is 25.7 Å². The van der Waals surface area contributed by atoms with E-state index in [-0.39, 0.29) is 0 Å². The molecule has 2 fully saturated rings. The Kier molecular flexibility index (Phi) is 2.72. The fourth-order valence-electron chi connectivity index (χ4n) is 2.21. The summed E-state index contributed by atoms with van der Waals surface area (Å²) in [5.74, 6) is 2.57. The van der Waals surface area contributed by atoms with Gasteiger partial charge in [0.1, 0.15) is 11.9 Å². The number of hydrogen-bond acceptors (Lipinski definition) is 3. The van der Waals surface area contributed by atoms with Crippen molar-refractivity contribution >= 4 is 5.82 Å². The molecule has 2 aliphatic rings. The SMILES string of the molecule is N#Cc1cccnc1N(CC1CC1)CC1CC1. The molecule has 1 aromatic rings. The number of nitriles is 1. The second-order valence-electron chi connectivity index (χ2n) is 5.28. The molecule has 0 N–H and O–H groups in total. The third kappa shape index (κ3) is 2.58. The smallest absolute Gasteiger partial charge is 0.146 e. The molecule has 88 valence electrons. The fourth-order valence-corrected chi connectivity index (χ4v) is 2.21. The zero-order valence-electron chi connectivity index (χ0n) is 9.97. The van der Waals surface area contributed by atoms with Gasteiger partial charge >= 0.3 is 0 Å². The Bertz CT molecular complexity index is 427. The zero-order chi connectivity index (χ0) is 11.7. The normalized spacial score (nSPS) is 18.8. The maximum absolute atomic E-state index is 9.15. The summed E-state index contributed by atoms with van der Waals surface area (Å²) in [6.07, 6.45) is 7.17. The Balaban J connectivity index is 1.81. The number of anilines is 1. The average Bonchev–Trinajstić information content (AvgIpc) is 3.23. The van der Waals surface area contributed by atoms with Crippen molar-refractivity contribution in [1.82, 2.24) is 4.98 Å². The molecule has 0 aromatic carbocycles. The van der Waals surface area contributed by atoms with E-state index in [1.54, 1.807) is 6.20 Å². The molecule has 0 saturated heterocycles. The largest absolute Gasteiger partial charge is 0.355 e. The lowest BCUT2D eigenvalue weighted by Gasteiger charge is -2.24. The van der Waals surface area contributed by atoms with Crippen molar-refractivity contribution in [1.29, 1.82) is 5.26 Å². The van der Waals surface area contributed by atoms with Gasteiger partial charge in [-0.25, -0.2) is 4.98 Å². The van der Waals surface area contributed by atoms with Crippen molar-refractivity contribution in [2.45, 2.75) is 25.7 Å². The van der Waals surface area contributed by atoms with Gasteiger partial charge in [-0.05, 0) is 49.7 Å². The van der Waals surface area contributed by atoms with E-state index in [2.05, 4.69) is 16.0 Å². The lowest BCUT2D eigenvalue weighted by atomic mass is 10.2. The summed E-state index contributed by atoms with van der Waals surface area (Å²) in [6, 6.07) is 5.97. The number of rotatable bonds is 5. The first-order valence-electron chi connectivity index (χ1n) is 6.47. The van der Waals surface area contributed by atoms with E-state index < -0.39 is 0 Å². The van der Waals surface area contributed by atoms with Crippen LogP contribution in [0.3, 0.4) is 0 Å². The number of nitrogens with zero attached hydrogens (tertiary/aromatic N) is 3. The van der Waals surface area contributed by atoms with Crippen LogP contribution in [0.2, 0.25) is 0 Å². The lowest BCUT2D eigenvalue weighted by molar-refractivity contribution is 0.671. The number of pyridine rings is 1. The van der Waals surface area contributed by atoms with Gasteiger partial charge in [-0.3, -0.25) is 0 Å². The topological polar surface area (TPSA) is 39.9 Å². The van der Waals surface area contributed by atoms with E-state index in [9.17, 15) is 0 Å². The first-order chi connectivity index (χ1) is 8.36. The Morgan fingerprint density at radius 3 is 2.41 bits per heavy atom. The molecule has 0 spiro atoms. The first kappa shape index (κ1) is 10.6. The molecule has 3 heteroatoms. The van der Waals surface area contributed by atoms with Gasteiger partial charge in [0.05, 0.1) is 5.56 Å². The Morgan fingerprint density at radius 1 is 1.24 bits per heavy atom. The second-order valence-corrected chi connectivity index (χ2v) is 5.28. The predicted molar refractivity (Wildman–Crippen MR) is 66.6 cm³/mol. The van der Waals surface area contributed by atoms with E-state index >= 15 is 0 Å². The molecular weight excluding hydrogens is 210 g/mol. The van der Waals surface area contributed by atoms with Crippen LogP contribution >= 0.6 is 0 Å². The highest BCUT2D eigenvalue weighted by molar-refractivity contribution is 5.53. The van der Waals surface area contributed by atoms with Crippen molar-refractivity contribution in [3.05, 3.63) is 23.9 Å². The van der Waals surface area contributed by atoms with E-state index in [0.29, 0.717) is 5.56 Å². The molecule has 1 aromatic heterocycles. The van der Waals surface area contributed by atoms with Crippen molar-refractivity contribution in [2.24, 2.45) is 11.8 Å². The van der Waals surface area contributed by atoms with Crippen LogP contribution in [0.4, 0.5) is 5.82 Å². The van der Waals surface area contributed by atoms with Gasteiger partial charge in [0.25, 0.3) is 0 Å². The minimum atomic E-state index is 0.716. The first-order valence-corrected chi connectivity index (χ1v) is 6.47. The highest BCUT2D eigenvalue weighted by Crippen LogP contribution is 2.35. The molecule has 3 nitrogen and oxygen atoms in total. The summed E-state index contributed by atoms with van der Waals surface area (Å²) in [6.45, 7) is 2.17. The monoisotopic (exact) mass is 227 g/mol. The lowest BCUT2D eigenvalue weighted by Crippen LogP contribution is -2.29. The maximum Gasteiger partial charge on any atom is 0.146 e. The van der Waals surface area contributed by atoms with Gasteiger partial charge in [0, 0.05) is 19.3 Å².